The van der Waals surface area contributed by atoms with Gasteiger partial charge in [0.2, 0.25) is 0 Å². The molecule has 0 saturated carbocycles. The standard InChI is InChI=1S/C21H16N2O5/c24-15-4-1-3-14(11-15)18-17(19(25)13-6-8-22-9-7-13)20(26)21(27)23(18)12-16-5-2-10-28-16/h1-11,18,24-25H,12H2/b19-17+. The van der Waals surface area contributed by atoms with E-state index in [1.807, 2.05) is 0 Å². The summed E-state index contributed by atoms with van der Waals surface area (Å²) in [6.45, 7) is 0.0466. The highest BCUT2D eigenvalue weighted by Crippen LogP contribution is 2.40. The molecule has 1 saturated heterocycles. The van der Waals surface area contributed by atoms with E-state index in [4.69, 9.17) is 4.42 Å². The number of nitrogens with zero attached hydrogens (tertiary/aromatic N) is 2. The van der Waals surface area contributed by atoms with Crippen molar-refractivity contribution in [2.75, 3.05) is 0 Å². The Hall–Kier alpha value is -3.87. The second-order valence-electron chi connectivity index (χ2n) is 6.34. The number of likely N-dealkylation sites (tertiary alicyclic amines) is 1. The SMILES string of the molecule is O=C1C(=O)N(Cc2ccco2)C(c2cccc(O)c2)/C1=C(\O)c1ccncc1. The lowest BCUT2D eigenvalue weighted by atomic mass is 9.95. The van der Waals surface area contributed by atoms with E-state index in [1.165, 1.54) is 35.7 Å². The number of furan rings is 1. The summed E-state index contributed by atoms with van der Waals surface area (Å²) in [6.07, 6.45) is 4.45. The van der Waals surface area contributed by atoms with Gasteiger partial charge in [0, 0.05) is 18.0 Å². The lowest BCUT2D eigenvalue weighted by Gasteiger charge is -2.24. The summed E-state index contributed by atoms with van der Waals surface area (Å²) in [6, 6.07) is 11.9. The minimum absolute atomic E-state index is 0.00926. The molecular formula is C21H16N2O5. The number of amides is 1. The van der Waals surface area contributed by atoms with Crippen LogP contribution in [0.4, 0.5) is 0 Å². The Bertz CT molecular complexity index is 1060. The van der Waals surface area contributed by atoms with E-state index in [0.29, 0.717) is 16.9 Å². The van der Waals surface area contributed by atoms with Crippen molar-refractivity contribution in [3.05, 3.63) is 89.6 Å². The molecule has 1 unspecified atom stereocenters. The third-order valence-electron chi connectivity index (χ3n) is 4.59. The minimum Gasteiger partial charge on any atom is -0.508 e. The summed E-state index contributed by atoms with van der Waals surface area (Å²) in [5.41, 5.74) is 0.825. The quantitative estimate of drug-likeness (QED) is 0.412. The number of rotatable bonds is 4. The number of ketones is 1. The smallest absolute Gasteiger partial charge is 0.296 e. The van der Waals surface area contributed by atoms with E-state index in [1.54, 1.807) is 36.4 Å². The molecule has 4 rings (SSSR count). The molecule has 2 aromatic heterocycles. The molecule has 1 atom stereocenters. The first-order valence-corrected chi connectivity index (χ1v) is 8.56. The number of hydrogen-bond acceptors (Lipinski definition) is 6. The van der Waals surface area contributed by atoms with Crippen molar-refractivity contribution < 1.29 is 24.2 Å². The Morgan fingerprint density at radius 2 is 1.89 bits per heavy atom. The molecule has 7 nitrogen and oxygen atoms in total. The third kappa shape index (κ3) is 3.03. The third-order valence-corrected chi connectivity index (χ3v) is 4.59. The number of aliphatic hydroxyl groups is 1. The average Bonchev–Trinajstić information content (AvgIpc) is 3.30. The van der Waals surface area contributed by atoms with Crippen LogP contribution in [0.3, 0.4) is 0 Å². The van der Waals surface area contributed by atoms with Crippen molar-refractivity contribution in [3.8, 4) is 5.75 Å². The van der Waals surface area contributed by atoms with Gasteiger partial charge in [-0.15, -0.1) is 0 Å². The molecule has 3 heterocycles. The molecule has 1 fully saturated rings. The number of phenolic OH excluding ortho intramolecular Hbond substituents is 1. The maximum Gasteiger partial charge on any atom is 0.296 e. The lowest BCUT2D eigenvalue weighted by molar-refractivity contribution is -0.140. The fraction of sp³-hybridized carbons (Fsp3) is 0.0952. The molecule has 3 aromatic rings. The lowest BCUT2D eigenvalue weighted by Crippen LogP contribution is -2.29. The number of Topliss-reactive ketones (excluding diaryl/α,β-unsaturated/α-hetero) is 1. The van der Waals surface area contributed by atoms with E-state index in [0.717, 1.165) is 0 Å². The van der Waals surface area contributed by atoms with Gasteiger partial charge in [-0.2, -0.15) is 0 Å². The largest absolute Gasteiger partial charge is 0.508 e. The molecule has 0 aliphatic carbocycles. The van der Waals surface area contributed by atoms with Gasteiger partial charge in [-0.05, 0) is 42.0 Å². The van der Waals surface area contributed by atoms with Crippen molar-refractivity contribution in [3.63, 3.8) is 0 Å². The molecule has 140 valence electrons. The Balaban J connectivity index is 1.88. The van der Waals surface area contributed by atoms with Gasteiger partial charge in [-0.25, -0.2) is 0 Å². The average molecular weight is 376 g/mol. The molecule has 1 aromatic carbocycles. The number of aliphatic hydroxyl groups excluding tert-OH is 1. The summed E-state index contributed by atoms with van der Waals surface area (Å²) in [5.74, 6) is -1.36. The predicted molar refractivity (Wildman–Crippen MR) is 98.9 cm³/mol. The fourth-order valence-corrected chi connectivity index (χ4v) is 3.32. The molecule has 2 N–H and O–H groups in total. The first kappa shape index (κ1) is 17.5. The van der Waals surface area contributed by atoms with Crippen LogP contribution >= 0.6 is 0 Å². The van der Waals surface area contributed by atoms with Crippen molar-refractivity contribution in [1.29, 1.82) is 0 Å². The van der Waals surface area contributed by atoms with E-state index >= 15 is 0 Å². The number of aromatic hydroxyl groups is 1. The monoisotopic (exact) mass is 376 g/mol. The van der Waals surface area contributed by atoms with Gasteiger partial charge < -0.3 is 19.5 Å². The molecular weight excluding hydrogens is 360 g/mol. The highest BCUT2D eigenvalue weighted by atomic mass is 16.3. The first-order chi connectivity index (χ1) is 13.6. The summed E-state index contributed by atoms with van der Waals surface area (Å²) in [7, 11) is 0. The Kier molecular flexibility index (Phi) is 4.41. The van der Waals surface area contributed by atoms with Crippen LogP contribution in [0.25, 0.3) is 5.76 Å². The maximum absolute atomic E-state index is 12.8. The van der Waals surface area contributed by atoms with Crippen molar-refractivity contribution in [2.45, 2.75) is 12.6 Å². The maximum atomic E-state index is 12.8. The highest BCUT2D eigenvalue weighted by Gasteiger charge is 2.46. The number of pyridine rings is 1. The number of benzene rings is 1. The Labute approximate surface area is 160 Å². The molecule has 1 aliphatic heterocycles. The van der Waals surface area contributed by atoms with Crippen molar-refractivity contribution in [1.82, 2.24) is 9.88 Å². The van der Waals surface area contributed by atoms with Gasteiger partial charge in [-0.3, -0.25) is 14.6 Å². The van der Waals surface area contributed by atoms with Crippen molar-refractivity contribution in [2.24, 2.45) is 0 Å². The Morgan fingerprint density at radius 3 is 2.57 bits per heavy atom. The zero-order valence-corrected chi connectivity index (χ0v) is 14.6. The number of phenols is 1. The molecule has 7 heteroatoms. The molecule has 0 spiro atoms. The van der Waals surface area contributed by atoms with Gasteiger partial charge in [-0.1, -0.05) is 12.1 Å². The molecule has 28 heavy (non-hydrogen) atoms. The summed E-state index contributed by atoms with van der Waals surface area (Å²) >= 11 is 0. The predicted octanol–water partition coefficient (Wildman–Crippen LogP) is 3.00. The van der Waals surface area contributed by atoms with Crippen LogP contribution in [-0.2, 0) is 16.1 Å². The van der Waals surface area contributed by atoms with Gasteiger partial charge in [0.1, 0.15) is 17.3 Å². The minimum atomic E-state index is -0.870. The summed E-state index contributed by atoms with van der Waals surface area (Å²) < 4.78 is 5.33. The highest BCUT2D eigenvalue weighted by molar-refractivity contribution is 6.46. The normalized spacial score (nSPS) is 18.6. The van der Waals surface area contributed by atoms with Gasteiger partial charge in [0.15, 0.2) is 0 Å². The fourth-order valence-electron chi connectivity index (χ4n) is 3.32. The van der Waals surface area contributed by atoms with E-state index in [9.17, 15) is 19.8 Å². The molecule has 0 radical (unpaired) electrons. The summed E-state index contributed by atoms with van der Waals surface area (Å²) in [4.78, 5) is 30.8. The van der Waals surface area contributed by atoms with E-state index < -0.39 is 17.7 Å². The number of carbonyl (C=O) groups excluding carboxylic acids is 2. The Morgan fingerprint density at radius 1 is 1.11 bits per heavy atom. The number of hydrogen-bond donors (Lipinski definition) is 2. The van der Waals surface area contributed by atoms with E-state index in [-0.39, 0.29) is 23.6 Å². The van der Waals surface area contributed by atoms with E-state index in [2.05, 4.69) is 4.98 Å². The first-order valence-electron chi connectivity index (χ1n) is 8.56. The topological polar surface area (TPSA) is 104 Å². The molecule has 0 bridgehead atoms. The zero-order valence-electron chi connectivity index (χ0n) is 14.6. The van der Waals surface area contributed by atoms with Gasteiger partial charge in [0.05, 0.1) is 24.4 Å². The number of carbonyl (C=O) groups is 2. The van der Waals surface area contributed by atoms with Crippen molar-refractivity contribution >= 4 is 17.4 Å². The second-order valence-corrected chi connectivity index (χ2v) is 6.34. The molecule has 1 aliphatic rings. The van der Waals surface area contributed by atoms with Crippen LogP contribution in [-0.4, -0.2) is 31.8 Å². The van der Waals surface area contributed by atoms with Crippen LogP contribution in [0.5, 0.6) is 5.75 Å². The zero-order chi connectivity index (χ0) is 19.7. The van der Waals surface area contributed by atoms with Gasteiger partial charge >= 0.3 is 0 Å². The van der Waals surface area contributed by atoms with Crippen LogP contribution in [0.15, 0.2) is 77.2 Å². The second kappa shape index (κ2) is 7.03. The van der Waals surface area contributed by atoms with Crippen LogP contribution in [0.2, 0.25) is 0 Å². The number of aromatic nitrogens is 1. The van der Waals surface area contributed by atoms with Crippen LogP contribution in [0, 0.1) is 0 Å². The summed E-state index contributed by atoms with van der Waals surface area (Å²) in [5, 5.41) is 20.7. The van der Waals surface area contributed by atoms with Crippen LogP contribution in [0.1, 0.15) is 22.9 Å². The molecule has 1 amide bonds. The van der Waals surface area contributed by atoms with Gasteiger partial charge in [0.25, 0.3) is 11.7 Å². The van der Waals surface area contributed by atoms with Crippen LogP contribution < -0.4 is 0 Å².